The van der Waals surface area contributed by atoms with E-state index in [2.05, 4.69) is 15.6 Å². The van der Waals surface area contributed by atoms with Gasteiger partial charge in [-0.15, -0.1) is 0 Å². The fourth-order valence-corrected chi connectivity index (χ4v) is 2.89. The van der Waals surface area contributed by atoms with E-state index in [0.717, 1.165) is 18.6 Å². The monoisotopic (exact) mass is 373 g/mol. The topological polar surface area (TPSA) is 92.9 Å². The highest BCUT2D eigenvalue weighted by atomic mass is 32.2. The highest BCUT2D eigenvalue weighted by Gasteiger charge is 2.10. The Morgan fingerprint density at radius 2 is 2.24 bits per heavy atom. The lowest BCUT2D eigenvalue weighted by Crippen LogP contribution is -2.43. The molecular weight excluding hydrogens is 342 g/mol. The van der Waals surface area contributed by atoms with Crippen LogP contribution in [-0.2, 0) is 21.0 Å². The smallest absolute Gasteiger partial charge is 0.191 e. The minimum atomic E-state index is -2.96. The Kier molecular flexibility index (Phi) is 10.3. The average molecular weight is 374 g/mol. The number of hydrogen-bond donors (Lipinski definition) is 2. The second-order valence-corrected chi connectivity index (χ2v) is 8.26. The first-order valence-electron chi connectivity index (χ1n) is 8.73. The molecule has 1 atom stereocenters. The van der Waals surface area contributed by atoms with Crippen LogP contribution in [0.1, 0.15) is 32.4 Å². The van der Waals surface area contributed by atoms with Crippen molar-refractivity contribution in [3.63, 3.8) is 0 Å². The van der Waals surface area contributed by atoms with Crippen molar-refractivity contribution < 1.29 is 17.6 Å². The van der Waals surface area contributed by atoms with Crippen LogP contribution in [0.3, 0.4) is 0 Å². The highest BCUT2D eigenvalue weighted by Crippen LogP contribution is 2.00. The van der Waals surface area contributed by atoms with E-state index in [4.69, 9.17) is 9.15 Å². The van der Waals surface area contributed by atoms with E-state index in [9.17, 15) is 8.42 Å². The normalized spacial score (nSPS) is 13.6. The number of nitrogens with zero attached hydrogens (tertiary/aromatic N) is 1. The van der Waals surface area contributed by atoms with E-state index in [-0.39, 0.29) is 11.8 Å². The molecule has 1 rings (SSSR count). The molecule has 0 spiro atoms. The lowest BCUT2D eigenvalue weighted by Gasteiger charge is -2.18. The third-order valence-corrected chi connectivity index (χ3v) is 4.45. The number of rotatable bonds is 12. The number of guanidine groups is 1. The fraction of sp³-hybridized carbons (Fsp3) is 0.706. The van der Waals surface area contributed by atoms with E-state index < -0.39 is 9.84 Å². The molecule has 7 nitrogen and oxygen atoms in total. The summed E-state index contributed by atoms with van der Waals surface area (Å²) in [6.07, 6.45) is 5.05. The minimum absolute atomic E-state index is 0.0106. The predicted molar refractivity (Wildman–Crippen MR) is 101 cm³/mol. The number of ether oxygens (including phenoxy) is 1. The SMILES string of the molecule is CCOCCCN=C(NCCc1ccco1)NC(C)CCS(C)(=O)=O. The van der Waals surface area contributed by atoms with Crippen LogP contribution in [0.15, 0.2) is 27.8 Å². The first kappa shape index (κ1) is 21.5. The van der Waals surface area contributed by atoms with Crippen molar-refractivity contribution in [3.05, 3.63) is 24.2 Å². The zero-order valence-electron chi connectivity index (χ0n) is 15.5. The molecule has 8 heteroatoms. The van der Waals surface area contributed by atoms with Crippen LogP contribution in [0.4, 0.5) is 0 Å². The van der Waals surface area contributed by atoms with Crippen molar-refractivity contribution >= 4 is 15.8 Å². The van der Waals surface area contributed by atoms with Gasteiger partial charge in [-0.2, -0.15) is 0 Å². The predicted octanol–water partition coefficient (Wildman–Crippen LogP) is 1.61. The van der Waals surface area contributed by atoms with Crippen LogP contribution in [-0.4, -0.2) is 58.7 Å². The third kappa shape index (κ3) is 11.6. The minimum Gasteiger partial charge on any atom is -0.469 e. The summed E-state index contributed by atoms with van der Waals surface area (Å²) in [5.41, 5.74) is 0. The first-order valence-corrected chi connectivity index (χ1v) is 10.8. The zero-order chi connectivity index (χ0) is 18.5. The number of sulfone groups is 1. The zero-order valence-corrected chi connectivity index (χ0v) is 16.3. The van der Waals surface area contributed by atoms with Crippen LogP contribution in [0.5, 0.6) is 0 Å². The molecule has 0 fully saturated rings. The van der Waals surface area contributed by atoms with Crippen LogP contribution in [0.25, 0.3) is 0 Å². The molecule has 1 aromatic heterocycles. The Morgan fingerprint density at radius 1 is 1.44 bits per heavy atom. The Bertz CT molecular complexity index is 585. The van der Waals surface area contributed by atoms with Crippen molar-refractivity contribution in [2.45, 2.75) is 39.2 Å². The lowest BCUT2D eigenvalue weighted by atomic mass is 10.2. The molecule has 0 saturated carbocycles. The molecule has 144 valence electrons. The van der Waals surface area contributed by atoms with Crippen molar-refractivity contribution in [3.8, 4) is 0 Å². The summed E-state index contributed by atoms with van der Waals surface area (Å²) in [6, 6.07) is 3.81. The second-order valence-electron chi connectivity index (χ2n) is 6.00. The summed E-state index contributed by atoms with van der Waals surface area (Å²) in [5, 5.41) is 6.53. The Balaban J connectivity index is 2.45. The lowest BCUT2D eigenvalue weighted by molar-refractivity contribution is 0.146. The van der Waals surface area contributed by atoms with Gasteiger partial charge in [-0.3, -0.25) is 4.99 Å². The van der Waals surface area contributed by atoms with E-state index in [0.29, 0.717) is 38.7 Å². The molecule has 0 radical (unpaired) electrons. The summed E-state index contributed by atoms with van der Waals surface area (Å²) in [5.74, 6) is 1.75. The molecule has 0 aliphatic heterocycles. The first-order chi connectivity index (χ1) is 11.9. The average Bonchev–Trinajstić information content (AvgIpc) is 3.05. The quantitative estimate of drug-likeness (QED) is 0.328. The Morgan fingerprint density at radius 3 is 2.88 bits per heavy atom. The molecule has 0 saturated heterocycles. The highest BCUT2D eigenvalue weighted by molar-refractivity contribution is 7.90. The largest absolute Gasteiger partial charge is 0.469 e. The van der Waals surface area contributed by atoms with Gasteiger partial charge in [0, 0.05) is 45.0 Å². The number of aliphatic imine (C=N–C) groups is 1. The number of nitrogens with one attached hydrogen (secondary N) is 2. The van der Waals surface area contributed by atoms with Gasteiger partial charge >= 0.3 is 0 Å². The summed E-state index contributed by atoms with van der Waals surface area (Å²) in [4.78, 5) is 4.53. The second kappa shape index (κ2) is 11.9. The van der Waals surface area contributed by atoms with Gasteiger partial charge in [-0.1, -0.05) is 0 Å². The van der Waals surface area contributed by atoms with E-state index in [1.54, 1.807) is 6.26 Å². The van der Waals surface area contributed by atoms with Crippen molar-refractivity contribution in [2.75, 3.05) is 38.3 Å². The maximum absolute atomic E-state index is 11.3. The number of hydrogen-bond acceptors (Lipinski definition) is 5. The van der Waals surface area contributed by atoms with Crippen LogP contribution >= 0.6 is 0 Å². The van der Waals surface area contributed by atoms with Gasteiger partial charge < -0.3 is 19.8 Å². The van der Waals surface area contributed by atoms with Gasteiger partial charge in [-0.05, 0) is 38.8 Å². The molecule has 0 aliphatic rings. The molecule has 1 unspecified atom stereocenters. The Labute approximate surface area is 151 Å². The van der Waals surface area contributed by atoms with E-state index in [1.165, 1.54) is 6.26 Å². The maximum Gasteiger partial charge on any atom is 0.191 e. The molecule has 25 heavy (non-hydrogen) atoms. The van der Waals surface area contributed by atoms with Gasteiger partial charge in [0.25, 0.3) is 0 Å². The molecule has 0 aromatic carbocycles. The standard InChI is InChI=1S/C17H31N3O4S/c1-4-23-12-6-10-18-17(19-11-8-16-7-5-13-24-16)20-15(2)9-14-25(3,21)22/h5,7,13,15H,4,6,8-12,14H2,1-3H3,(H2,18,19,20). The summed E-state index contributed by atoms with van der Waals surface area (Å²) < 4.78 is 33.2. The summed E-state index contributed by atoms with van der Waals surface area (Å²) in [6.45, 7) is 6.64. The van der Waals surface area contributed by atoms with E-state index in [1.807, 2.05) is 26.0 Å². The van der Waals surface area contributed by atoms with Crippen LogP contribution < -0.4 is 10.6 Å². The fourth-order valence-electron chi connectivity index (χ4n) is 2.11. The molecule has 0 bridgehead atoms. The maximum atomic E-state index is 11.3. The van der Waals surface area contributed by atoms with Gasteiger partial charge in [-0.25, -0.2) is 8.42 Å². The summed E-state index contributed by atoms with van der Waals surface area (Å²) in [7, 11) is -2.96. The third-order valence-electron chi connectivity index (χ3n) is 3.47. The molecule has 1 heterocycles. The number of furan rings is 1. The van der Waals surface area contributed by atoms with E-state index >= 15 is 0 Å². The van der Waals surface area contributed by atoms with Crippen molar-refractivity contribution in [1.82, 2.24) is 10.6 Å². The summed E-state index contributed by atoms with van der Waals surface area (Å²) >= 11 is 0. The van der Waals surface area contributed by atoms with Gasteiger partial charge in [0.15, 0.2) is 5.96 Å². The van der Waals surface area contributed by atoms with Crippen LogP contribution in [0, 0.1) is 0 Å². The van der Waals surface area contributed by atoms with Gasteiger partial charge in [0.1, 0.15) is 15.6 Å². The van der Waals surface area contributed by atoms with Gasteiger partial charge in [0.2, 0.25) is 0 Å². The molecule has 1 aromatic rings. The molecule has 0 aliphatic carbocycles. The molecular formula is C17H31N3O4S. The Hall–Kier alpha value is -1.54. The molecule has 2 N–H and O–H groups in total. The van der Waals surface area contributed by atoms with Gasteiger partial charge in [0.05, 0.1) is 12.0 Å². The molecule has 0 amide bonds. The van der Waals surface area contributed by atoms with Crippen molar-refractivity contribution in [2.24, 2.45) is 4.99 Å². The van der Waals surface area contributed by atoms with Crippen LogP contribution in [0.2, 0.25) is 0 Å². The van der Waals surface area contributed by atoms with Crippen molar-refractivity contribution in [1.29, 1.82) is 0 Å².